The zero-order valence-electron chi connectivity index (χ0n) is 65.9. The summed E-state index contributed by atoms with van der Waals surface area (Å²) in [6.45, 7) is 0.716. The van der Waals surface area contributed by atoms with Crippen molar-refractivity contribution in [2.24, 2.45) is 28.7 Å². The van der Waals surface area contributed by atoms with Crippen molar-refractivity contribution in [3.8, 4) is 0 Å². The van der Waals surface area contributed by atoms with Crippen LogP contribution in [0, 0.1) is 0 Å². The van der Waals surface area contributed by atoms with Gasteiger partial charge >= 0.3 is 17.9 Å². The number of amides is 15. The lowest BCUT2D eigenvalue weighted by atomic mass is 10.0. The number of aromatic amines is 2. The number of nitrogens with one attached hydrogen (secondary N) is 15. The number of carboxylic acids is 3. The standard InChI is InChI=1S/C76H105N21O22S2/c1-39(79)63(105)96-57(36-120)74(116)85-46(20-10-12-24-77)64(106)86-47(22-23-59(80)99)65(107)88-49(26-40-14-4-2-5-15-40)66(108)93-54(31-61(101)102)71(113)89-50(27-41-16-6-3-7-17-41)67(109)97-58(37-121)75(117)92-53(30-60(81)100)70(112)94-55(32-62(103)104)72(114)91-52(29-43-34-82-38-84-43)69(111)90-51(28-42-33-83-45-19-9-8-18-44(42)45)68(110)95-56(35-98)73(115)87-48(76(118)119)21-11-13-25-78/h2-9,14-19,33-34,38-39,46-58,83,98,120-121H,10-13,20-32,35-37,77-79H2,1H3,(H2,80,99)(H2,81,100)(H,82,84)(H,85,116)(H,86,106)(H,87,115)(H,88,107)(H,89,113)(H,90,111)(H,91,114)(H,92,117)(H,93,108)(H,94,112)(H,95,110)(H,96,105)(H,97,109)(H,101,102)(H,103,104)(H,118,119)/t39-,46-,47-,48-,49-,50-,51-,52-,53-,54-,55-,56-,57-,58-/m0/s1. The molecule has 29 N–H and O–H groups in total. The van der Waals surface area contributed by atoms with Crippen LogP contribution in [0.1, 0.15) is 99.9 Å². The third-order valence-electron chi connectivity index (χ3n) is 18.6. The third kappa shape index (κ3) is 34.0. The van der Waals surface area contributed by atoms with Crippen LogP contribution in [-0.4, -0.2) is 258 Å². The Bertz CT molecular complexity index is 4390. The quantitative estimate of drug-likeness (QED) is 0.0127. The van der Waals surface area contributed by atoms with Crippen LogP contribution in [-0.2, 0) is 112 Å². The van der Waals surface area contributed by atoms with Crippen molar-refractivity contribution < 1.29 is 107 Å². The summed E-state index contributed by atoms with van der Waals surface area (Å²) in [7, 11) is 0. The highest BCUT2D eigenvalue weighted by Gasteiger charge is 2.40. The van der Waals surface area contributed by atoms with E-state index in [4.69, 9.17) is 28.7 Å². The summed E-state index contributed by atoms with van der Waals surface area (Å²) in [4.78, 5) is 256. The normalized spacial score (nSPS) is 14.5. The van der Waals surface area contributed by atoms with E-state index in [1.165, 1.54) is 37.8 Å². The maximum atomic E-state index is 14.7. The van der Waals surface area contributed by atoms with E-state index in [-0.39, 0.29) is 56.6 Å². The molecular formula is C76H105N21O22S2. The lowest BCUT2D eigenvalue weighted by Crippen LogP contribution is -2.62. The Morgan fingerprint density at radius 2 is 0.752 bits per heavy atom. The number of imidazole rings is 1. The Morgan fingerprint density at radius 1 is 0.397 bits per heavy atom. The Balaban J connectivity index is 1.40. The van der Waals surface area contributed by atoms with Gasteiger partial charge in [0.15, 0.2) is 0 Å². The minimum Gasteiger partial charge on any atom is -0.481 e. The largest absolute Gasteiger partial charge is 0.481 e. The number of para-hydroxylation sites is 1. The van der Waals surface area contributed by atoms with Gasteiger partial charge in [0.25, 0.3) is 0 Å². The molecule has 0 fully saturated rings. The minimum atomic E-state index is -2.19. The number of thiol groups is 2. The van der Waals surface area contributed by atoms with Crippen molar-refractivity contribution in [2.75, 3.05) is 31.2 Å². The number of unbranched alkanes of at least 4 members (excludes halogenated alkanes) is 2. The summed E-state index contributed by atoms with van der Waals surface area (Å²) in [5.74, 6) is -22.9. The minimum absolute atomic E-state index is 0.0607. The van der Waals surface area contributed by atoms with Crippen LogP contribution in [0.4, 0.5) is 0 Å². The summed E-state index contributed by atoms with van der Waals surface area (Å²) in [5, 5.41) is 71.9. The number of aliphatic carboxylic acids is 3. The summed E-state index contributed by atoms with van der Waals surface area (Å²) in [6.07, 6.45) is -1.01. The number of carbonyl (C=O) groups is 18. The molecule has 3 aromatic carbocycles. The summed E-state index contributed by atoms with van der Waals surface area (Å²) in [6, 6.07) is -1.56. The molecule has 0 unspecified atom stereocenters. The van der Waals surface area contributed by atoms with Gasteiger partial charge in [-0.05, 0) is 87.7 Å². The topological polar surface area (TPSA) is 719 Å². The van der Waals surface area contributed by atoms with Gasteiger partial charge in [-0.1, -0.05) is 78.9 Å². The number of aliphatic hydroxyl groups excluding tert-OH is 1. The lowest BCUT2D eigenvalue weighted by Gasteiger charge is -2.28. The molecule has 658 valence electrons. The molecule has 14 atom stereocenters. The van der Waals surface area contributed by atoms with Crippen LogP contribution in [0.25, 0.3) is 10.9 Å². The molecule has 5 rings (SSSR count). The SMILES string of the molecule is C[C@H](N)C(=O)N[C@@H](CS)C(=O)N[C@@H](CCCCN)C(=O)N[C@@H](CCC(N)=O)C(=O)N[C@@H](Cc1ccccc1)C(=O)N[C@@H](CC(=O)O)C(=O)N[C@@H](Cc1ccccc1)C(=O)N[C@@H](CS)C(=O)N[C@@H](CC(N)=O)C(=O)N[C@@H](CC(=O)O)C(=O)N[C@@H](Cc1cnc[nH]1)C(=O)N[C@@H](Cc1c[nH]c2ccccc12)C(=O)N[C@@H](CO)C(=O)N[C@@H](CCCCN)C(=O)O. The molecule has 2 aromatic heterocycles. The zero-order valence-corrected chi connectivity index (χ0v) is 67.7. The average Bonchev–Trinajstić information content (AvgIpc) is 1.73. The van der Waals surface area contributed by atoms with Gasteiger partial charge in [0.2, 0.25) is 88.6 Å². The van der Waals surface area contributed by atoms with Crippen molar-refractivity contribution in [1.29, 1.82) is 0 Å². The zero-order chi connectivity index (χ0) is 89.4. The van der Waals surface area contributed by atoms with Crippen molar-refractivity contribution in [3.63, 3.8) is 0 Å². The molecule has 0 spiro atoms. The van der Waals surface area contributed by atoms with Crippen molar-refractivity contribution in [1.82, 2.24) is 84.1 Å². The number of nitrogens with two attached hydrogens (primary N) is 5. The third-order valence-corrected chi connectivity index (χ3v) is 19.3. The maximum Gasteiger partial charge on any atom is 0.326 e. The van der Waals surface area contributed by atoms with Gasteiger partial charge in [-0.2, -0.15) is 25.3 Å². The number of aliphatic hydroxyl groups is 1. The maximum absolute atomic E-state index is 14.7. The number of fused-ring (bicyclic) bond motifs is 1. The fourth-order valence-electron chi connectivity index (χ4n) is 12.1. The van der Waals surface area contributed by atoms with Gasteiger partial charge in [-0.15, -0.1) is 0 Å². The average molecular weight is 1730 g/mol. The molecule has 121 heavy (non-hydrogen) atoms. The van der Waals surface area contributed by atoms with Gasteiger partial charge in [0.05, 0.1) is 38.2 Å². The number of aromatic nitrogens is 3. The lowest BCUT2D eigenvalue weighted by molar-refractivity contribution is -0.143. The fourth-order valence-corrected chi connectivity index (χ4v) is 12.6. The summed E-state index contributed by atoms with van der Waals surface area (Å²) in [5.41, 5.74) is 29.9. The molecule has 2 heterocycles. The second-order valence-electron chi connectivity index (χ2n) is 28.1. The number of H-pyrrole nitrogens is 2. The highest BCUT2D eigenvalue weighted by molar-refractivity contribution is 7.80. The molecule has 45 heteroatoms. The molecule has 0 radical (unpaired) electrons. The van der Waals surface area contributed by atoms with Crippen LogP contribution in [0.5, 0.6) is 0 Å². The van der Waals surface area contributed by atoms with E-state index in [9.17, 15) is 107 Å². The fraction of sp³-hybridized carbons (Fsp3) is 0.461. The summed E-state index contributed by atoms with van der Waals surface area (Å²) >= 11 is 8.38. The highest BCUT2D eigenvalue weighted by Crippen LogP contribution is 2.21. The molecule has 15 amide bonds. The second kappa shape index (κ2) is 51.0. The van der Waals surface area contributed by atoms with Gasteiger partial charge < -0.3 is 128 Å². The Labute approximate surface area is 704 Å². The molecule has 0 bridgehead atoms. The molecular weight excluding hydrogens is 1620 g/mol. The molecule has 5 aromatic rings. The first-order valence-corrected chi connectivity index (χ1v) is 39.6. The summed E-state index contributed by atoms with van der Waals surface area (Å²) < 4.78 is 0. The molecule has 0 aliphatic rings. The number of hydrogen-bond acceptors (Lipinski definition) is 25. The number of nitrogens with zero attached hydrogens (tertiary/aromatic N) is 1. The van der Waals surface area contributed by atoms with Gasteiger partial charge in [-0.25, -0.2) is 9.78 Å². The molecule has 0 saturated heterocycles. The first kappa shape index (κ1) is 99.0. The molecule has 43 nitrogen and oxygen atoms in total. The smallest absolute Gasteiger partial charge is 0.326 e. The van der Waals surface area contributed by atoms with Gasteiger partial charge in [0, 0.05) is 72.6 Å². The monoisotopic (exact) mass is 1730 g/mol. The first-order chi connectivity index (χ1) is 57.6. The van der Waals surface area contributed by atoms with Crippen LogP contribution < -0.4 is 97.8 Å². The van der Waals surface area contributed by atoms with Crippen molar-refractivity contribution >= 4 is 143 Å². The number of primary amides is 2. The molecule has 0 saturated carbocycles. The van der Waals surface area contributed by atoms with E-state index in [0.717, 1.165) is 0 Å². The number of benzene rings is 3. The predicted molar refractivity (Wildman–Crippen MR) is 438 cm³/mol. The van der Waals surface area contributed by atoms with Crippen LogP contribution >= 0.6 is 25.3 Å². The van der Waals surface area contributed by atoms with Crippen LogP contribution in [0.3, 0.4) is 0 Å². The van der Waals surface area contributed by atoms with Gasteiger partial charge in [0.1, 0.15) is 78.5 Å². The Kier molecular flexibility index (Phi) is 41.7. The number of hydrogen-bond donors (Lipinski definition) is 26. The van der Waals surface area contributed by atoms with Crippen LogP contribution in [0.2, 0.25) is 0 Å². The Hall–Kier alpha value is -12.6. The highest BCUT2D eigenvalue weighted by atomic mass is 32.1. The van der Waals surface area contributed by atoms with Crippen molar-refractivity contribution in [2.45, 2.75) is 188 Å². The Morgan fingerprint density at radius 3 is 1.17 bits per heavy atom. The number of carboxylic acid groups (broad SMARTS) is 3. The van der Waals surface area contributed by atoms with Gasteiger partial charge in [-0.3, -0.25) is 81.5 Å². The van der Waals surface area contributed by atoms with E-state index in [0.29, 0.717) is 46.9 Å². The number of carbonyl (C=O) groups excluding carboxylic acids is 15. The van der Waals surface area contributed by atoms with Crippen molar-refractivity contribution in [3.05, 3.63) is 126 Å². The predicted octanol–water partition coefficient (Wildman–Crippen LogP) is -6.90. The van der Waals surface area contributed by atoms with E-state index < -0.39 is 248 Å². The van der Waals surface area contributed by atoms with E-state index >= 15 is 0 Å². The second-order valence-corrected chi connectivity index (χ2v) is 28.9. The molecule has 0 aliphatic heterocycles. The van der Waals surface area contributed by atoms with E-state index in [1.807, 2.05) is 0 Å². The van der Waals surface area contributed by atoms with E-state index in [2.05, 4.69) is 109 Å². The van der Waals surface area contributed by atoms with E-state index in [1.54, 1.807) is 72.8 Å². The number of rotatable bonds is 55. The van der Waals surface area contributed by atoms with Crippen LogP contribution in [0.15, 0.2) is 104 Å². The molecule has 0 aliphatic carbocycles. The first-order valence-electron chi connectivity index (χ1n) is 38.3.